The molecule has 0 spiro atoms. The number of methoxy groups -OCH3 is 2. The van der Waals surface area contributed by atoms with Crippen LogP contribution in [0.15, 0.2) is 36.4 Å². The summed E-state index contributed by atoms with van der Waals surface area (Å²) in [6.07, 6.45) is -0.0591. The van der Waals surface area contributed by atoms with E-state index in [-0.39, 0.29) is 11.9 Å². The van der Waals surface area contributed by atoms with Gasteiger partial charge in [-0.3, -0.25) is 4.90 Å². The lowest BCUT2D eigenvalue weighted by atomic mass is 9.96. The number of benzene rings is 2. The summed E-state index contributed by atoms with van der Waals surface area (Å²) >= 11 is 0. The van der Waals surface area contributed by atoms with Gasteiger partial charge < -0.3 is 19.3 Å². The smallest absolute Gasteiger partial charge is 0.160 e. The zero-order chi connectivity index (χ0) is 17.8. The van der Waals surface area contributed by atoms with Crippen LogP contribution in [0.3, 0.4) is 0 Å². The molecule has 0 fully saturated rings. The molecule has 0 saturated carbocycles. The van der Waals surface area contributed by atoms with Crippen LogP contribution in [0.5, 0.6) is 17.2 Å². The van der Waals surface area contributed by atoms with Crippen LogP contribution in [0.1, 0.15) is 29.7 Å². The molecule has 0 aliphatic carbocycles. The third-order valence-corrected chi connectivity index (χ3v) is 4.51. The zero-order valence-electron chi connectivity index (χ0n) is 15.0. The summed E-state index contributed by atoms with van der Waals surface area (Å²) in [7, 11) is 3.25. The van der Waals surface area contributed by atoms with Crippen molar-refractivity contribution in [2.24, 2.45) is 0 Å². The number of fused-ring (bicyclic) bond motifs is 1. The normalized spacial score (nSPS) is 17.2. The topological polar surface area (TPSA) is 51.2 Å². The van der Waals surface area contributed by atoms with E-state index in [4.69, 9.17) is 14.2 Å². The fourth-order valence-electron chi connectivity index (χ4n) is 3.36. The third-order valence-electron chi connectivity index (χ3n) is 4.51. The van der Waals surface area contributed by atoms with Crippen molar-refractivity contribution in [1.82, 2.24) is 4.90 Å². The largest absolute Gasteiger partial charge is 0.504 e. The number of phenols is 1. The second-order valence-electron chi connectivity index (χ2n) is 6.19. The van der Waals surface area contributed by atoms with E-state index in [1.807, 2.05) is 25.1 Å². The minimum atomic E-state index is -0.0591. The van der Waals surface area contributed by atoms with Gasteiger partial charge in [0.2, 0.25) is 0 Å². The summed E-state index contributed by atoms with van der Waals surface area (Å²) in [5, 5.41) is 10.1. The van der Waals surface area contributed by atoms with Crippen LogP contribution in [-0.4, -0.2) is 37.4 Å². The Labute approximate surface area is 148 Å². The quantitative estimate of drug-likeness (QED) is 0.870. The number of ether oxygens (including phenoxy) is 3. The molecule has 1 aliphatic rings. The predicted octanol–water partition coefficient (Wildman–Crippen LogP) is 3.50. The molecule has 5 nitrogen and oxygen atoms in total. The second-order valence-corrected chi connectivity index (χ2v) is 6.19. The highest BCUT2D eigenvalue weighted by Gasteiger charge is 2.27. The maximum atomic E-state index is 10.1. The standard InChI is InChI=1S/C20H25NO4/c1-4-25-20-13-21(11-14-6-5-7-16(8-14)23-2)12-15-9-19(24-3)18(22)10-17(15)20/h5-10,20,22H,4,11-13H2,1-3H3. The molecule has 1 unspecified atom stereocenters. The fraction of sp³-hybridized carbons (Fsp3) is 0.400. The number of hydrogen-bond acceptors (Lipinski definition) is 5. The van der Waals surface area contributed by atoms with Gasteiger partial charge in [-0.15, -0.1) is 0 Å². The van der Waals surface area contributed by atoms with E-state index in [0.29, 0.717) is 12.4 Å². The summed E-state index contributed by atoms with van der Waals surface area (Å²) in [5.74, 6) is 1.52. The van der Waals surface area contributed by atoms with Crippen molar-refractivity contribution in [2.45, 2.75) is 26.1 Å². The van der Waals surface area contributed by atoms with Crippen LogP contribution in [0.2, 0.25) is 0 Å². The minimum Gasteiger partial charge on any atom is -0.504 e. The van der Waals surface area contributed by atoms with Crippen LogP contribution < -0.4 is 9.47 Å². The first kappa shape index (κ1) is 17.6. The monoisotopic (exact) mass is 343 g/mol. The lowest BCUT2D eigenvalue weighted by molar-refractivity contribution is 0.0172. The molecule has 5 heteroatoms. The molecule has 2 aromatic carbocycles. The van der Waals surface area contributed by atoms with E-state index < -0.39 is 0 Å². The summed E-state index contributed by atoms with van der Waals surface area (Å²) in [4.78, 5) is 2.34. The first-order chi connectivity index (χ1) is 12.1. The SMILES string of the molecule is CCOC1CN(Cc2cccc(OC)c2)Cc2cc(OC)c(O)cc21. The van der Waals surface area contributed by atoms with Crippen molar-refractivity contribution >= 4 is 0 Å². The second kappa shape index (κ2) is 7.76. The number of aromatic hydroxyl groups is 1. The highest BCUT2D eigenvalue weighted by atomic mass is 16.5. The van der Waals surface area contributed by atoms with E-state index in [9.17, 15) is 5.11 Å². The number of phenolic OH excluding ortho intramolecular Hbond substituents is 1. The number of hydrogen-bond donors (Lipinski definition) is 1. The minimum absolute atomic E-state index is 0.0591. The Morgan fingerprint density at radius 1 is 1.16 bits per heavy atom. The van der Waals surface area contributed by atoms with Crippen LogP contribution in [-0.2, 0) is 17.8 Å². The van der Waals surface area contributed by atoms with Gasteiger partial charge in [0.15, 0.2) is 11.5 Å². The number of nitrogens with zero attached hydrogens (tertiary/aromatic N) is 1. The van der Waals surface area contributed by atoms with Crippen LogP contribution in [0, 0.1) is 0 Å². The fourth-order valence-corrected chi connectivity index (χ4v) is 3.36. The van der Waals surface area contributed by atoms with E-state index in [1.54, 1.807) is 20.3 Å². The Morgan fingerprint density at radius 3 is 2.72 bits per heavy atom. The Bertz CT molecular complexity index is 732. The van der Waals surface area contributed by atoms with Gasteiger partial charge in [0, 0.05) is 26.2 Å². The molecule has 25 heavy (non-hydrogen) atoms. The highest BCUT2D eigenvalue weighted by Crippen LogP contribution is 2.37. The maximum absolute atomic E-state index is 10.1. The summed E-state index contributed by atoms with van der Waals surface area (Å²) in [6.45, 7) is 4.99. The van der Waals surface area contributed by atoms with Crippen molar-refractivity contribution in [3.8, 4) is 17.2 Å². The van der Waals surface area contributed by atoms with Gasteiger partial charge in [0.25, 0.3) is 0 Å². The van der Waals surface area contributed by atoms with Crippen molar-refractivity contribution in [3.05, 3.63) is 53.1 Å². The molecule has 3 rings (SSSR count). The molecule has 1 N–H and O–H groups in total. The highest BCUT2D eigenvalue weighted by molar-refractivity contribution is 5.48. The van der Waals surface area contributed by atoms with E-state index in [2.05, 4.69) is 17.0 Å². The first-order valence-electron chi connectivity index (χ1n) is 8.51. The Morgan fingerprint density at radius 2 is 2.00 bits per heavy atom. The van der Waals surface area contributed by atoms with Crippen molar-refractivity contribution < 1.29 is 19.3 Å². The van der Waals surface area contributed by atoms with Gasteiger partial charge in [0.05, 0.1) is 20.3 Å². The number of rotatable bonds is 6. The van der Waals surface area contributed by atoms with Gasteiger partial charge in [-0.2, -0.15) is 0 Å². The predicted molar refractivity (Wildman–Crippen MR) is 96.1 cm³/mol. The van der Waals surface area contributed by atoms with Gasteiger partial charge in [0.1, 0.15) is 5.75 Å². The molecule has 1 heterocycles. The molecular weight excluding hydrogens is 318 g/mol. The molecule has 0 bridgehead atoms. The molecular formula is C20H25NO4. The summed E-state index contributed by atoms with van der Waals surface area (Å²) in [5.41, 5.74) is 3.37. The first-order valence-corrected chi connectivity index (χ1v) is 8.51. The van der Waals surface area contributed by atoms with Crippen molar-refractivity contribution in [3.63, 3.8) is 0 Å². The van der Waals surface area contributed by atoms with Crippen LogP contribution >= 0.6 is 0 Å². The summed E-state index contributed by atoms with van der Waals surface area (Å²) in [6, 6.07) is 11.8. The Balaban J connectivity index is 1.86. The molecule has 134 valence electrons. The Kier molecular flexibility index (Phi) is 5.46. The molecule has 0 saturated heterocycles. The molecule has 0 aromatic heterocycles. The zero-order valence-corrected chi connectivity index (χ0v) is 15.0. The third kappa shape index (κ3) is 3.89. The molecule has 1 atom stereocenters. The average Bonchev–Trinajstić information content (AvgIpc) is 2.62. The Hall–Kier alpha value is -2.24. The van der Waals surface area contributed by atoms with Gasteiger partial charge >= 0.3 is 0 Å². The maximum Gasteiger partial charge on any atom is 0.160 e. The molecule has 0 amide bonds. The van der Waals surface area contributed by atoms with Crippen molar-refractivity contribution in [2.75, 3.05) is 27.4 Å². The van der Waals surface area contributed by atoms with E-state index in [1.165, 1.54) is 5.56 Å². The molecule has 0 radical (unpaired) electrons. The summed E-state index contributed by atoms with van der Waals surface area (Å²) < 4.78 is 16.5. The van der Waals surface area contributed by atoms with Gasteiger partial charge in [-0.25, -0.2) is 0 Å². The average molecular weight is 343 g/mol. The lowest BCUT2D eigenvalue weighted by Crippen LogP contribution is -2.34. The lowest BCUT2D eigenvalue weighted by Gasteiger charge is -2.35. The molecule has 2 aromatic rings. The van der Waals surface area contributed by atoms with Gasteiger partial charge in [-0.1, -0.05) is 12.1 Å². The van der Waals surface area contributed by atoms with Crippen LogP contribution in [0.4, 0.5) is 0 Å². The van der Waals surface area contributed by atoms with Gasteiger partial charge in [-0.05, 0) is 47.9 Å². The van der Waals surface area contributed by atoms with E-state index in [0.717, 1.165) is 36.5 Å². The van der Waals surface area contributed by atoms with Crippen molar-refractivity contribution in [1.29, 1.82) is 0 Å². The van der Waals surface area contributed by atoms with E-state index >= 15 is 0 Å². The molecule has 1 aliphatic heterocycles. The van der Waals surface area contributed by atoms with Crippen LogP contribution in [0.25, 0.3) is 0 Å².